The number of hydrogen-bond donors (Lipinski definition) is 2. The molecule has 1 aliphatic heterocycles. The molecule has 5 heteroatoms. The lowest BCUT2D eigenvalue weighted by Gasteiger charge is -2.44. The minimum absolute atomic E-state index is 0.0237. The molecule has 156 valence electrons. The van der Waals surface area contributed by atoms with E-state index in [2.05, 4.69) is 26.1 Å². The molecule has 0 radical (unpaired) electrons. The van der Waals surface area contributed by atoms with E-state index >= 15 is 0 Å². The Labute approximate surface area is 168 Å². The molecule has 1 aromatic rings. The van der Waals surface area contributed by atoms with Gasteiger partial charge in [-0.25, -0.2) is 0 Å². The van der Waals surface area contributed by atoms with Crippen LogP contribution in [0, 0.1) is 29.6 Å². The molecule has 7 atom stereocenters. The summed E-state index contributed by atoms with van der Waals surface area (Å²) in [5.74, 6) is 2.74. The van der Waals surface area contributed by atoms with Crippen molar-refractivity contribution in [2.75, 3.05) is 13.7 Å². The maximum atomic E-state index is 11.7. The summed E-state index contributed by atoms with van der Waals surface area (Å²) in [4.78, 5) is 11.7. The van der Waals surface area contributed by atoms with E-state index in [4.69, 9.17) is 9.47 Å². The Morgan fingerprint density at radius 2 is 1.86 bits per heavy atom. The Hall–Kier alpha value is -1.59. The number of aliphatic hydroxyl groups is 1. The van der Waals surface area contributed by atoms with Gasteiger partial charge in [-0.05, 0) is 74.1 Å². The Morgan fingerprint density at radius 1 is 1.14 bits per heavy atom. The van der Waals surface area contributed by atoms with Gasteiger partial charge in [-0.1, -0.05) is 20.3 Å². The lowest BCUT2D eigenvalue weighted by Crippen LogP contribution is -2.42. The number of carbonyl (C=O) groups is 1. The largest absolute Gasteiger partial charge is 0.465 e. The highest BCUT2D eigenvalue weighted by Crippen LogP contribution is 2.46. The zero-order valence-corrected chi connectivity index (χ0v) is 17.6. The predicted molar refractivity (Wildman–Crippen MR) is 109 cm³/mol. The molecule has 1 amide bonds. The van der Waals surface area contributed by atoms with Gasteiger partial charge in [-0.3, -0.25) is 4.79 Å². The van der Waals surface area contributed by atoms with Crippen molar-refractivity contribution in [1.82, 2.24) is 5.32 Å². The maximum absolute atomic E-state index is 11.7. The molecular formula is C23H35NO4. The second-order valence-electron chi connectivity index (χ2n) is 8.74. The van der Waals surface area contributed by atoms with Gasteiger partial charge in [0, 0.05) is 18.5 Å². The van der Waals surface area contributed by atoms with E-state index in [-0.39, 0.29) is 11.8 Å². The van der Waals surface area contributed by atoms with Crippen molar-refractivity contribution >= 4 is 5.91 Å². The number of carbonyl (C=O) groups excluding carboxylic acids is 1. The third-order valence-corrected chi connectivity index (χ3v) is 6.99. The molecule has 3 rings (SSSR count). The first-order chi connectivity index (χ1) is 13.4. The first-order valence-corrected chi connectivity index (χ1v) is 10.7. The summed E-state index contributed by atoms with van der Waals surface area (Å²) >= 11 is 0. The topological polar surface area (TPSA) is 67.8 Å². The smallest absolute Gasteiger partial charge is 0.251 e. The molecule has 2 N–H and O–H groups in total. The summed E-state index contributed by atoms with van der Waals surface area (Å²) in [6.45, 7) is 7.42. The minimum atomic E-state index is -0.870. The van der Waals surface area contributed by atoms with Gasteiger partial charge in [-0.15, -0.1) is 0 Å². The standard InChI is InChI=1S/C23H35NO4/c1-14-5-11-20(21-13-27-15(2)6-12-19(14)21)16(3)23(26)28-18-9-7-17(8-10-18)22(25)24-4/h7-10,14-16,19-21,23,26H,5-6,11-13H2,1-4H3,(H,24,25)/t14-,15?,16-,19+,20+,21?,23-/m1/s1. The van der Waals surface area contributed by atoms with Gasteiger partial charge in [-0.2, -0.15) is 0 Å². The number of hydrogen-bond acceptors (Lipinski definition) is 4. The molecule has 0 aromatic heterocycles. The normalized spacial score (nSPS) is 32.5. The average molecular weight is 390 g/mol. The van der Waals surface area contributed by atoms with E-state index in [1.165, 1.54) is 12.8 Å². The van der Waals surface area contributed by atoms with Crippen LogP contribution < -0.4 is 10.1 Å². The molecule has 1 saturated heterocycles. The molecule has 0 spiro atoms. The van der Waals surface area contributed by atoms with Gasteiger partial charge in [0.15, 0.2) is 6.29 Å². The Balaban J connectivity index is 1.66. The number of ether oxygens (including phenoxy) is 2. The van der Waals surface area contributed by atoms with Crippen LogP contribution in [0.5, 0.6) is 5.75 Å². The Morgan fingerprint density at radius 3 is 2.54 bits per heavy atom. The summed E-state index contributed by atoms with van der Waals surface area (Å²) in [6.07, 6.45) is 4.12. The number of benzene rings is 1. The second-order valence-corrected chi connectivity index (χ2v) is 8.74. The van der Waals surface area contributed by atoms with Gasteiger partial charge >= 0.3 is 0 Å². The number of amides is 1. The Kier molecular flexibility index (Phi) is 7.00. The lowest BCUT2D eigenvalue weighted by molar-refractivity contribution is -0.105. The average Bonchev–Trinajstić information content (AvgIpc) is 2.90. The summed E-state index contributed by atoms with van der Waals surface area (Å²) in [5, 5.41) is 13.4. The molecule has 1 heterocycles. The fourth-order valence-electron chi connectivity index (χ4n) is 5.09. The van der Waals surface area contributed by atoms with E-state index in [0.29, 0.717) is 35.2 Å². The van der Waals surface area contributed by atoms with Crippen LogP contribution >= 0.6 is 0 Å². The van der Waals surface area contributed by atoms with Gasteiger partial charge < -0.3 is 19.9 Å². The molecule has 2 unspecified atom stereocenters. The van der Waals surface area contributed by atoms with Gasteiger partial charge in [0.05, 0.1) is 12.7 Å². The zero-order chi connectivity index (χ0) is 20.3. The van der Waals surface area contributed by atoms with Crippen LogP contribution in [-0.4, -0.2) is 37.1 Å². The van der Waals surface area contributed by atoms with Crippen LogP contribution in [0.2, 0.25) is 0 Å². The Bertz CT molecular complexity index is 647. The molecule has 2 fully saturated rings. The fourth-order valence-corrected chi connectivity index (χ4v) is 5.09. The van der Waals surface area contributed by atoms with Crippen molar-refractivity contribution in [1.29, 1.82) is 0 Å². The number of rotatable bonds is 5. The van der Waals surface area contributed by atoms with Crippen molar-refractivity contribution in [3.8, 4) is 5.75 Å². The van der Waals surface area contributed by atoms with Crippen LogP contribution in [0.1, 0.15) is 56.8 Å². The van der Waals surface area contributed by atoms with Gasteiger partial charge in [0.2, 0.25) is 0 Å². The van der Waals surface area contributed by atoms with Crippen LogP contribution in [0.3, 0.4) is 0 Å². The van der Waals surface area contributed by atoms with Crippen molar-refractivity contribution in [3.63, 3.8) is 0 Å². The lowest BCUT2D eigenvalue weighted by atomic mass is 9.62. The summed E-state index contributed by atoms with van der Waals surface area (Å²) in [5.41, 5.74) is 0.575. The van der Waals surface area contributed by atoms with Gasteiger partial charge in [0.25, 0.3) is 5.91 Å². The fraction of sp³-hybridized carbons (Fsp3) is 0.696. The molecule has 2 aliphatic rings. The van der Waals surface area contributed by atoms with Crippen LogP contribution in [0.4, 0.5) is 0 Å². The second kappa shape index (κ2) is 9.27. The first kappa shape index (κ1) is 21.1. The predicted octanol–water partition coefficient (Wildman–Crippen LogP) is 3.86. The molecule has 28 heavy (non-hydrogen) atoms. The highest BCUT2D eigenvalue weighted by molar-refractivity contribution is 5.94. The van der Waals surface area contributed by atoms with Crippen LogP contribution in [0.25, 0.3) is 0 Å². The number of fused-ring (bicyclic) bond motifs is 1. The third-order valence-electron chi connectivity index (χ3n) is 6.99. The summed E-state index contributed by atoms with van der Waals surface area (Å²) < 4.78 is 11.9. The molecule has 0 bridgehead atoms. The monoisotopic (exact) mass is 389 g/mol. The minimum Gasteiger partial charge on any atom is -0.465 e. The van der Waals surface area contributed by atoms with Crippen molar-refractivity contribution in [2.45, 2.75) is 58.8 Å². The molecule has 1 aromatic carbocycles. The highest BCUT2D eigenvalue weighted by atomic mass is 16.6. The zero-order valence-electron chi connectivity index (χ0n) is 17.6. The van der Waals surface area contributed by atoms with E-state index in [1.54, 1.807) is 31.3 Å². The van der Waals surface area contributed by atoms with E-state index in [0.717, 1.165) is 25.4 Å². The van der Waals surface area contributed by atoms with E-state index in [9.17, 15) is 9.90 Å². The van der Waals surface area contributed by atoms with E-state index in [1.807, 2.05) is 0 Å². The first-order valence-electron chi connectivity index (χ1n) is 10.7. The summed E-state index contributed by atoms with van der Waals surface area (Å²) in [6, 6.07) is 6.90. The summed E-state index contributed by atoms with van der Waals surface area (Å²) in [7, 11) is 1.61. The van der Waals surface area contributed by atoms with Crippen molar-refractivity contribution < 1.29 is 19.4 Å². The van der Waals surface area contributed by atoms with Crippen LogP contribution in [-0.2, 0) is 4.74 Å². The van der Waals surface area contributed by atoms with E-state index < -0.39 is 6.29 Å². The number of nitrogens with one attached hydrogen (secondary N) is 1. The molecule has 1 saturated carbocycles. The molecular weight excluding hydrogens is 354 g/mol. The maximum Gasteiger partial charge on any atom is 0.251 e. The molecule has 1 aliphatic carbocycles. The molecule has 5 nitrogen and oxygen atoms in total. The SMILES string of the molecule is CNC(=O)c1ccc(O[C@@H](O)[C@H](C)[C@@H]2CC[C@@H](C)[C@@H]3CCC(C)OCC23)cc1. The third kappa shape index (κ3) is 4.69. The van der Waals surface area contributed by atoms with Gasteiger partial charge in [0.1, 0.15) is 5.75 Å². The number of aliphatic hydroxyl groups excluding tert-OH is 1. The van der Waals surface area contributed by atoms with Crippen molar-refractivity contribution in [2.24, 2.45) is 29.6 Å². The van der Waals surface area contributed by atoms with Crippen molar-refractivity contribution in [3.05, 3.63) is 29.8 Å². The quantitative estimate of drug-likeness (QED) is 0.751. The highest BCUT2D eigenvalue weighted by Gasteiger charge is 2.43. The van der Waals surface area contributed by atoms with Crippen LogP contribution in [0.15, 0.2) is 24.3 Å².